The van der Waals surface area contributed by atoms with Crippen LogP contribution in [-0.4, -0.2) is 28.3 Å². The molecule has 0 atom stereocenters. The molecule has 11 heteroatoms. The molecule has 166 valence electrons. The summed E-state index contributed by atoms with van der Waals surface area (Å²) in [5.41, 5.74) is 3.97. The summed E-state index contributed by atoms with van der Waals surface area (Å²) in [7, 11) is -3.76. The molecule has 0 amide bonds. The summed E-state index contributed by atoms with van der Waals surface area (Å²) in [4.78, 5) is 4.40. The molecular formula is C21H19ClFN5O3S. The number of aromatic nitrogens is 4. The van der Waals surface area contributed by atoms with E-state index in [2.05, 4.69) is 15.2 Å². The van der Waals surface area contributed by atoms with Gasteiger partial charge in [0.15, 0.2) is 0 Å². The molecule has 2 heterocycles. The Morgan fingerprint density at radius 2 is 1.84 bits per heavy atom. The number of hydrogen-bond donors (Lipinski definition) is 1. The lowest BCUT2D eigenvalue weighted by molar-refractivity contribution is 0.378. The minimum atomic E-state index is -3.76. The Balaban J connectivity index is 1.53. The Labute approximate surface area is 188 Å². The summed E-state index contributed by atoms with van der Waals surface area (Å²) in [6.45, 7) is 3.83. The van der Waals surface area contributed by atoms with Gasteiger partial charge in [0.1, 0.15) is 5.82 Å². The van der Waals surface area contributed by atoms with Crippen molar-refractivity contribution < 1.29 is 17.3 Å². The molecule has 2 N–H and O–H groups in total. The average molecular weight is 476 g/mol. The molecule has 8 nitrogen and oxygen atoms in total. The molecular weight excluding hydrogens is 457 g/mol. The molecule has 2 aromatic heterocycles. The van der Waals surface area contributed by atoms with Crippen LogP contribution in [0.25, 0.3) is 17.1 Å². The number of benzene rings is 2. The lowest BCUT2D eigenvalue weighted by Gasteiger charge is -2.06. The van der Waals surface area contributed by atoms with Gasteiger partial charge >= 0.3 is 0 Å². The maximum atomic E-state index is 13.3. The van der Waals surface area contributed by atoms with Gasteiger partial charge in [-0.05, 0) is 68.3 Å². The van der Waals surface area contributed by atoms with E-state index in [1.165, 1.54) is 30.3 Å². The van der Waals surface area contributed by atoms with E-state index in [1.54, 1.807) is 16.8 Å². The lowest BCUT2D eigenvalue weighted by atomic mass is 10.1. The van der Waals surface area contributed by atoms with Gasteiger partial charge in [0.05, 0.1) is 21.3 Å². The van der Waals surface area contributed by atoms with Gasteiger partial charge < -0.3 is 4.52 Å². The number of sulfonamides is 1. The number of rotatable bonds is 6. The molecule has 4 aromatic rings. The summed E-state index contributed by atoms with van der Waals surface area (Å²) < 4.78 is 43.3. The first-order chi connectivity index (χ1) is 15.1. The lowest BCUT2D eigenvalue weighted by Crippen LogP contribution is -2.12. The van der Waals surface area contributed by atoms with E-state index in [0.717, 1.165) is 22.6 Å². The van der Waals surface area contributed by atoms with E-state index >= 15 is 0 Å². The van der Waals surface area contributed by atoms with E-state index in [0.29, 0.717) is 30.1 Å². The van der Waals surface area contributed by atoms with Crippen LogP contribution < -0.4 is 5.14 Å². The van der Waals surface area contributed by atoms with Crippen LogP contribution in [0.2, 0.25) is 5.02 Å². The molecule has 0 fully saturated rings. The molecule has 0 saturated carbocycles. The van der Waals surface area contributed by atoms with Gasteiger partial charge in [0.25, 0.3) is 0 Å². The van der Waals surface area contributed by atoms with Crippen molar-refractivity contribution in [3.8, 4) is 17.1 Å². The SMILES string of the molecule is Cc1nn(-c2ccc(S(N)(=O)=O)cc2)c(C)c1CCc1nc(-c2ccc(F)cc2Cl)no1. The van der Waals surface area contributed by atoms with Gasteiger partial charge in [-0.2, -0.15) is 10.1 Å². The molecule has 0 aliphatic heterocycles. The number of halogens is 2. The monoisotopic (exact) mass is 475 g/mol. The van der Waals surface area contributed by atoms with Crippen molar-refractivity contribution in [2.24, 2.45) is 5.14 Å². The molecule has 0 radical (unpaired) electrons. The van der Waals surface area contributed by atoms with E-state index in [9.17, 15) is 12.8 Å². The van der Waals surface area contributed by atoms with Crippen LogP contribution in [0.4, 0.5) is 4.39 Å². The highest BCUT2D eigenvalue weighted by Gasteiger charge is 2.17. The molecule has 32 heavy (non-hydrogen) atoms. The highest BCUT2D eigenvalue weighted by molar-refractivity contribution is 7.89. The first-order valence-electron chi connectivity index (χ1n) is 9.60. The summed E-state index contributed by atoms with van der Waals surface area (Å²) >= 11 is 6.07. The molecule has 0 bridgehead atoms. The highest BCUT2D eigenvalue weighted by atomic mass is 35.5. The number of primary sulfonamides is 1. The average Bonchev–Trinajstić information content (AvgIpc) is 3.30. The number of nitrogens with two attached hydrogens (primary N) is 1. The Bertz CT molecular complexity index is 1400. The van der Waals surface area contributed by atoms with Gasteiger partial charge in [0.2, 0.25) is 21.7 Å². The van der Waals surface area contributed by atoms with E-state index in [-0.39, 0.29) is 9.92 Å². The van der Waals surface area contributed by atoms with Crippen molar-refractivity contribution in [2.45, 2.75) is 31.6 Å². The standard InChI is InChI=1S/C21H19ClFN5O3S/c1-12-17(13(2)28(26-12)15-4-6-16(7-5-15)32(24,29)30)9-10-20-25-21(27-31-20)18-8-3-14(23)11-19(18)22/h3-8,11H,9-10H2,1-2H3,(H2,24,29,30). The van der Waals surface area contributed by atoms with Crippen molar-refractivity contribution in [2.75, 3.05) is 0 Å². The molecule has 0 saturated heterocycles. The summed E-state index contributed by atoms with van der Waals surface area (Å²) in [6, 6.07) is 10.2. The Morgan fingerprint density at radius 1 is 1.12 bits per heavy atom. The number of aryl methyl sites for hydroxylation is 2. The van der Waals surface area contributed by atoms with Crippen molar-refractivity contribution >= 4 is 21.6 Å². The molecule has 0 spiro atoms. The van der Waals surface area contributed by atoms with Gasteiger partial charge in [-0.25, -0.2) is 22.6 Å². The number of nitrogens with zero attached hydrogens (tertiary/aromatic N) is 4. The van der Waals surface area contributed by atoms with E-state index < -0.39 is 15.8 Å². The Hall–Kier alpha value is -3.08. The quantitative estimate of drug-likeness (QED) is 0.453. The fraction of sp³-hybridized carbons (Fsp3) is 0.190. The van der Waals surface area contributed by atoms with Crippen molar-refractivity contribution in [3.05, 3.63) is 76.1 Å². The normalized spacial score (nSPS) is 11.8. The first kappa shape index (κ1) is 22.1. The summed E-state index contributed by atoms with van der Waals surface area (Å²) in [6.07, 6.45) is 1.08. The molecule has 0 aliphatic carbocycles. The fourth-order valence-electron chi connectivity index (χ4n) is 3.43. The Morgan fingerprint density at radius 3 is 2.50 bits per heavy atom. The van der Waals surface area contributed by atoms with Crippen LogP contribution in [-0.2, 0) is 22.9 Å². The maximum Gasteiger partial charge on any atom is 0.238 e. The number of hydrogen-bond acceptors (Lipinski definition) is 6. The van der Waals surface area contributed by atoms with Crippen molar-refractivity contribution in [3.63, 3.8) is 0 Å². The minimum Gasteiger partial charge on any atom is -0.339 e. The van der Waals surface area contributed by atoms with Gasteiger partial charge in [-0.15, -0.1) is 0 Å². The molecule has 0 unspecified atom stereocenters. The van der Waals surface area contributed by atoms with Crippen LogP contribution in [0, 0.1) is 19.7 Å². The third kappa shape index (κ3) is 4.43. The van der Waals surface area contributed by atoms with Crippen LogP contribution in [0.15, 0.2) is 51.9 Å². The second kappa shape index (κ2) is 8.45. The second-order valence-corrected chi connectivity index (χ2v) is 9.20. The van der Waals surface area contributed by atoms with Gasteiger partial charge in [0, 0.05) is 17.7 Å². The van der Waals surface area contributed by atoms with Crippen LogP contribution >= 0.6 is 11.6 Å². The largest absolute Gasteiger partial charge is 0.339 e. The van der Waals surface area contributed by atoms with Crippen LogP contribution in [0.5, 0.6) is 0 Å². The zero-order chi connectivity index (χ0) is 23.0. The third-order valence-electron chi connectivity index (χ3n) is 5.08. The first-order valence-corrected chi connectivity index (χ1v) is 11.5. The smallest absolute Gasteiger partial charge is 0.238 e. The maximum absolute atomic E-state index is 13.3. The van der Waals surface area contributed by atoms with E-state index in [4.69, 9.17) is 21.3 Å². The Kier molecular flexibility index (Phi) is 5.85. The van der Waals surface area contributed by atoms with Gasteiger partial charge in [-0.3, -0.25) is 0 Å². The van der Waals surface area contributed by atoms with Gasteiger partial charge in [-0.1, -0.05) is 16.8 Å². The summed E-state index contributed by atoms with van der Waals surface area (Å²) in [5, 5.41) is 13.9. The highest BCUT2D eigenvalue weighted by Crippen LogP contribution is 2.27. The topological polar surface area (TPSA) is 117 Å². The zero-order valence-electron chi connectivity index (χ0n) is 17.2. The predicted molar refractivity (Wildman–Crippen MR) is 117 cm³/mol. The predicted octanol–water partition coefficient (Wildman–Crippen LogP) is 3.76. The van der Waals surface area contributed by atoms with Crippen LogP contribution in [0.1, 0.15) is 22.8 Å². The van der Waals surface area contributed by atoms with E-state index in [1.807, 2.05) is 13.8 Å². The van der Waals surface area contributed by atoms with Crippen molar-refractivity contribution in [1.82, 2.24) is 19.9 Å². The minimum absolute atomic E-state index is 0.0384. The van der Waals surface area contributed by atoms with Crippen LogP contribution in [0.3, 0.4) is 0 Å². The molecule has 4 rings (SSSR count). The second-order valence-electron chi connectivity index (χ2n) is 7.24. The molecule has 0 aliphatic rings. The van der Waals surface area contributed by atoms with Crippen molar-refractivity contribution in [1.29, 1.82) is 0 Å². The molecule has 2 aromatic carbocycles. The zero-order valence-corrected chi connectivity index (χ0v) is 18.8. The summed E-state index contributed by atoms with van der Waals surface area (Å²) in [5.74, 6) is 0.276. The third-order valence-corrected chi connectivity index (χ3v) is 6.32. The fourth-order valence-corrected chi connectivity index (χ4v) is 4.20.